The molecule has 0 aromatic rings. The van der Waals surface area contributed by atoms with Crippen LogP contribution in [0.25, 0.3) is 0 Å². The Kier molecular flexibility index (Phi) is 23.7. The maximum Gasteiger partial charge on any atom is 0.333 e. The molecule has 0 amide bonds. The zero-order valence-electron chi connectivity index (χ0n) is 27.2. The van der Waals surface area contributed by atoms with Crippen LogP contribution in [0.3, 0.4) is 0 Å². The van der Waals surface area contributed by atoms with Crippen LogP contribution in [0.4, 0.5) is 0 Å². The van der Waals surface area contributed by atoms with Gasteiger partial charge in [-0.3, -0.25) is 0 Å². The Balaban J connectivity index is -0.000000231. The van der Waals surface area contributed by atoms with Crippen molar-refractivity contribution < 1.29 is 61.3 Å². The van der Waals surface area contributed by atoms with Crippen LogP contribution >= 0.6 is 7.82 Å². The molecule has 0 heterocycles. The van der Waals surface area contributed by atoms with Gasteiger partial charge in [0.1, 0.15) is 39.5 Å². The molecule has 0 saturated carbocycles. The topological polar surface area (TPSA) is 165 Å². The molecule has 41 heavy (non-hydrogen) atoms. The molecule has 0 aliphatic rings. The second-order valence-corrected chi connectivity index (χ2v) is 13.1. The Bertz CT molecular complexity index is 784. The lowest BCUT2D eigenvalue weighted by atomic mass is 10.4. The van der Waals surface area contributed by atoms with Crippen LogP contribution in [-0.4, -0.2) is 134 Å². The first-order valence-electron chi connectivity index (χ1n) is 12.6. The number of nitrogens with zero attached hydrogens (tertiary/aromatic N) is 3. The Labute approximate surface area is 247 Å². The molecule has 242 valence electrons. The van der Waals surface area contributed by atoms with Crippen molar-refractivity contribution in [3.63, 3.8) is 0 Å². The van der Waals surface area contributed by atoms with Crippen LogP contribution in [-0.2, 0) is 33.2 Å². The van der Waals surface area contributed by atoms with E-state index in [9.17, 15) is 14.4 Å². The molecule has 14 heteroatoms. The number of quaternary nitrogens is 3. The fraction of sp³-hybridized carbons (Fsp3) is 0.667. The minimum atomic E-state index is -5.39. The van der Waals surface area contributed by atoms with Gasteiger partial charge in [0, 0.05) is 16.7 Å². The molecule has 0 aromatic heterocycles. The SMILES string of the molecule is C=C(C)C(=O)OCC[N+](C)(C)C.C=C(C)C(=O)OCC[N+](C)(C)C.C=C(C)C(=O)OCC[N+](C)(C)C.O=P([O-])([O-])[O-]. The van der Waals surface area contributed by atoms with Crippen molar-refractivity contribution in [2.24, 2.45) is 0 Å². The quantitative estimate of drug-likeness (QED) is 0.0933. The highest BCUT2D eigenvalue weighted by atomic mass is 31.2. The first kappa shape index (κ1) is 45.6. The molecule has 0 rings (SSSR count). The van der Waals surface area contributed by atoms with E-state index in [4.69, 9.17) is 33.5 Å². The first-order valence-corrected chi connectivity index (χ1v) is 14.1. The van der Waals surface area contributed by atoms with E-state index in [1.54, 1.807) is 20.8 Å². The molecule has 0 spiro atoms. The molecule has 0 aliphatic carbocycles. The van der Waals surface area contributed by atoms with Crippen molar-refractivity contribution in [1.29, 1.82) is 0 Å². The molecular formula is C27H54N3O10P. The van der Waals surface area contributed by atoms with E-state index in [0.717, 1.165) is 33.1 Å². The van der Waals surface area contributed by atoms with Gasteiger partial charge in [-0.15, -0.1) is 0 Å². The van der Waals surface area contributed by atoms with Crippen LogP contribution in [0.1, 0.15) is 20.8 Å². The number of carbonyl (C=O) groups excluding carboxylic acids is 3. The molecule has 0 unspecified atom stereocenters. The summed E-state index contributed by atoms with van der Waals surface area (Å²) >= 11 is 0. The lowest BCUT2D eigenvalue weighted by molar-refractivity contribution is -0.870. The highest BCUT2D eigenvalue weighted by molar-refractivity contribution is 7.40. The van der Waals surface area contributed by atoms with Crippen LogP contribution in [0.2, 0.25) is 0 Å². The van der Waals surface area contributed by atoms with Crippen LogP contribution in [0, 0.1) is 0 Å². The standard InChI is InChI=1S/3C9H18NO2.H3O4P/c3*1-8(2)9(11)12-7-6-10(3,4)5;1-5(2,3)4/h3*1,6-7H2,2-5H3;(H3,1,2,3,4)/q3*+1;/p-3. The van der Waals surface area contributed by atoms with Gasteiger partial charge in [0.25, 0.3) is 0 Å². The van der Waals surface area contributed by atoms with Crippen molar-refractivity contribution in [3.8, 4) is 0 Å². The molecule has 0 fully saturated rings. The van der Waals surface area contributed by atoms with Gasteiger partial charge in [0.2, 0.25) is 0 Å². The number of ether oxygens (including phenoxy) is 3. The summed E-state index contributed by atoms with van der Waals surface area (Å²) in [6.45, 7) is 19.2. The predicted molar refractivity (Wildman–Crippen MR) is 154 cm³/mol. The van der Waals surface area contributed by atoms with Crippen LogP contribution < -0.4 is 14.7 Å². The third-order valence-electron chi connectivity index (χ3n) is 4.03. The first-order chi connectivity index (χ1) is 18.0. The van der Waals surface area contributed by atoms with E-state index in [2.05, 4.69) is 83.2 Å². The molecule has 0 saturated heterocycles. The van der Waals surface area contributed by atoms with Gasteiger partial charge in [-0.2, -0.15) is 7.82 Å². The van der Waals surface area contributed by atoms with Gasteiger partial charge < -0.3 is 46.9 Å². The minimum Gasteiger partial charge on any atom is -0.822 e. The summed E-state index contributed by atoms with van der Waals surface area (Å²) < 4.78 is 25.7. The van der Waals surface area contributed by atoms with E-state index >= 15 is 0 Å². The number of esters is 3. The van der Waals surface area contributed by atoms with Gasteiger partial charge in [-0.25, -0.2) is 14.4 Å². The maximum absolute atomic E-state index is 10.9. The molecule has 0 aliphatic heterocycles. The number of phosphoric acid groups is 1. The third-order valence-corrected chi connectivity index (χ3v) is 4.03. The van der Waals surface area contributed by atoms with E-state index in [1.807, 2.05) is 0 Å². The third kappa shape index (κ3) is 50.9. The van der Waals surface area contributed by atoms with E-state index in [-0.39, 0.29) is 17.9 Å². The summed E-state index contributed by atoms with van der Waals surface area (Å²) in [6, 6.07) is 0. The number of carbonyl (C=O) groups is 3. The highest BCUT2D eigenvalue weighted by Crippen LogP contribution is 2.03. The fourth-order valence-corrected chi connectivity index (χ4v) is 1.61. The fourth-order valence-electron chi connectivity index (χ4n) is 1.61. The largest absolute Gasteiger partial charge is 0.822 e. The minimum absolute atomic E-state index is 0.302. The lowest BCUT2D eigenvalue weighted by Gasteiger charge is -2.36. The second kappa shape index (κ2) is 21.3. The van der Waals surface area contributed by atoms with Gasteiger partial charge in [0.05, 0.1) is 63.4 Å². The molecule has 0 bridgehead atoms. The van der Waals surface area contributed by atoms with Crippen molar-refractivity contribution in [1.82, 2.24) is 0 Å². The summed E-state index contributed by atoms with van der Waals surface area (Å²) in [5, 5.41) is 0. The molecule has 0 radical (unpaired) electrons. The number of likely N-dealkylation sites (N-methyl/N-ethyl adjacent to an activating group) is 3. The molecule has 0 N–H and O–H groups in total. The zero-order valence-corrected chi connectivity index (χ0v) is 28.1. The van der Waals surface area contributed by atoms with E-state index in [1.165, 1.54) is 0 Å². The summed E-state index contributed by atoms with van der Waals surface area (Å²) in [7, 11) is 13.1. The maximum atomic E-state index is 10.9. The van der Waals surface area contributed by atoms with Crippen molar-refractivity contribution in [2.45, 2.75) is 20.8 Å². The lowest BCUT2D eigenvalue weighted by Crippen LogP contribution is -2.38. The highest BCUT2D eigenvalue weighted by Gasteiger charge is 2.11. The van der Waals surface area contributed by atoms with E-state index < -0.39 is 7.82 Å². The summed E-state index contributed by atoms with van der Waals surface area (Å²) in [5.74, 6) is -0.907. The van der Waals surface area contributed by atoms with E-state index in [0.29, 0.717) is 36.5 Å². The number of rotatable bonds is 12. The van der Waals surface area contributed by atoms with Crippen LogP contribution in [0.15, 0.2) is 36.5 Å². The number of hydrogen-bond acceptors (Lipinski definition) is 10. The van der Waals surface area contributed by atoms with Gasteiger partial charge in [-0.1, -0.05) is 19.7 Å². The Hall–Kier alpha value is -2.38. The molecule has 13 nitrogen and oxygen atoms in total. The van der Waals surface area contributed by atoms with Crippen molar-refractivity contribution in [3.05, 3.63) is 36.5 Å². The van der Waals surface area contributed by atoms with Gasteiger partial charge in [-0.05, 0) is 20.8 Å². The van der Waals surface area contributed by atoms with Crippen molar-refractivity contribution in [2.75, 3.05) is 103 Å². The van der Waals surface area contributed by atoms with Gasteiger partial charge >= 0.3 is 17.9 Å². The smallest absolute Gasteiger partial charge is 0.333 e. The monoisotopic (exact) mass is 611 g/mol. The molecule has 0 aromatic carbocycles. The Morgan fingerprint density at radius 1 is 0.537 bits per heavy atom. The van der Waals surface area contributed by atoms with Gasteiger partial charge in [0.15, 0.2) is 0 Å². The average molecular weight is 612 g/mol. The summed E-state index contributed by atoms with van der Waals surface area (Å²) in [4.78, 5) is 58.3. The predicted octanol–water partition coefficient (Wildman–Crippen LogP) is -0.389. The zero-order chi connectivity index (χ0) is 33.8. The average Bonchev–Trinajstić information content (AvgIpc) is 2.70. The van der Waals surface area contributed by atoms with Crippen molar-refractivity contribution >= 4 is 25.7 Å². The molecule has 0 atom stereocenters. The normalized spacial score (nSPS) is 11.1. The van der Waals surface area contributed by atoms with Crippen LogP contribution in [0.5, 0.6) is 0 Å². The Morgan fingerprint density at radius 3 is 0.780 bits per heavy atom. The molecular weight excluding hydrogens is 557 g/mol. The summed E-state index contributed by atoms with van der Waals surface area (Å²) in [5.41, 5.74) is 1.37. The Morgan fingerprint density at radius 2 is 0.683 bits per heavy atom. The second-order valence-electron chi connectivity index (χ2n) is 12.2. The number of hydrogen-bond donors (Lipinski definition) is 0. The summed E-state index contributed by atoms with van der Waals surface area (Å²) in [6.07, 6.45) is 0.